The van der Waals surface area contributed by atoms with E-state index in [0.717, 1.165) is 25.7 Å². The van der Waals surface area contributed by atoms with Crippen LogP contribution >= 0.6 is 11.8 Å². The van der Waals surface area contributed by atoms with Crippen LogP contribution in [0.1, 0.15) is 42.5 Å². The smallest absolute Gasteiger partial charge is 0.339 e. The van der Waals surface area contributed by atoms with Gasteiger partial charge in [-0.05, 0) is 44.2 Å². The van der Waals surface area contributed by atoms with Gasteiger partial charge >= 0.3 is 12.0 Å². The van der Waals surface area contributed by atoms with Gasteiger partial charge in [-0.25, -0.2) is 9.59 Å². The van der Waals surface area contributed by atoms with Crippen molar-refractivity contribution in [2.75, 3.05) is 13.2 Å². The lowest BCUT2D eigenvalue weighted by atomic mass is 9.97. The monoisotopic (exact) mass is 412 g/mol. The zero-order chi connectivity index (χ0) is 20.4. The summed E-state index contributed by atoms with van der Waals surface area (Å²) in [7, 11) is 0. The number of allylic oxidation sites excluding steroid dienone is 1. The Hall–Kier alpha value is -2.42. The van der Waals surface area contributed by atoms with Gasteiger partial charge in [0.2, 0.25) is 0 Å². The lowest BCUT2D eigenvalue weighted by Gasteiger charge is -2.13. The van der Waals surface area contributed by atoms with E-state index in [-0.39, 0.29) is 22.2 Å². The van der Waals surface area contributed by atoms with Crippen LogP contribution in [0.15, 0.2) is 40.8 Å². The van der Waals surface area contributed by atoms with Crippen molar-refractivity contribution in [3.63, 3.8) is 0 Å². The Morgan fingerprint density at radius 3 is 2.68 bits per heavy atom. The molecule has 0 bridgehead atoms. The van der Waals surface area contributed by atoms with Crippen LogP contribution < -0.4 is 10.6 Å². The molecule has 1 aliphatic rings. The fourth-order valence-electron chi connectivity index (χ4n) is 2.72. The molecule has 152 valence electrons. The van der Waals surface area contributed by atoms with E-state index in [9.17, 15) is 23.2 Å². The third-order valence-electron chi connectivity index (χ3n) is 4.03. The number of hydrogen-bond donors (Lipinski definition) is 2. The molecule has 2 N–H and O–H groups in total. The van der Waals surface area contributed by atoms with Crippen LogP contribution in [0, 0.1) is 0 Å². The molecule has 3 amide bonds. The summed E-state index contributed by atoms with van der Waals surface area (Å²) in [6.45, 7) is -0.284. The minimum Gasteiger partial charge on any atom is -0.452 e. The highest BCUT2D eigenvalue weighted by Crippen LogP contribution is 2.28. The van der Waals surface area contributed by atoms with E-state index in [0.29, 0.717) is 6.54 Å². The lowest BCUT2D eigenvalue weighted by Crippen LogP contribution is -2.41. The van der Waals surface area contributed by atoms with Crippen molar-refractivity contribution in [1.82, 2.24) is 10.6 Å². The molecule has 0 radical (unpaired) electrons. The molecule has 1 aromatic carbocycles. The number of urea groups is 1. The molecule has 0 spiro atoms. The van der Waals surface area contributed by atoms with Crippen molar-refractivity contribution in [2.45, 2.75) is 42.8 Å². The number of esters is 1. The second kappa shape index (κ2) is 11.4. The Bertz CT molecular complexity index is 740. The Morgan fingerprint density at radius 2 is 1.96 bits per heavy atom. The normalized spacial score (nSPS) is 13.6. The average Bonchev–Trinajstić information content (AvgIpc) is 2.67. The molecule has 0 aromatic heterocycles. The van der Waals surface area contributed by atoms with Gasteiger partial charge in [-0.1, -0.05) is 35.5 Å². The maximum Gasteiger partial charge on any atom is 0.339 e. The predicted octanol–water partition coefficient (Wildman–Crippen LogP) is 3.87. The van der Waals surface area contributed by atoms with E-state index in [4.69, 9.17) is 4.74 Å². The van der Waals surface area contributed by atoms with E-state index in [1.807, 2.05) is 0 Å². The van der Waals surface area contributed by atoms with Crippen molar-refractivity contribution >= 4 is 29.7 Å². The molecule has 0 fully saturated rings. The first kappa shape index (κ1) is 21.9. The zero-order valence-electron chi connectivity index (χ0n) is 15.2. The Morgan fingerprint density at radius 1 is 1.18 bits per heavy atom. The van der Waals surface area contributed by atoms with E-state index >= 15 is 0 Å². The molecule has 28 heavy (non-hydrogen) atoms. The van der Waals surface area contributed by atoms with Gasteiger partial charge < -0.3 is 10.1 Å². The lowest BCUT2D eigenvalue weighted by molar-refractivity contribution is -0.123. The number of imide groups is 1. The number of nitrogens with one attached hydrogen (secondary N) is 2. The van der Waals surface area contributed by atoms with Crippen molar-refractivity contribution in [1.29, 1.82) is 0 Å². The van der Waals surface area contributed by atoms with Gasteiger partial charge in [0.1, 0.15) is 0 Å². The van der Waals surface area contributed by atoms with E-state index in [2.05, 4.69) is 16.7 Å². The molecule has 1 aromatic rings. The van der Waals surface area contributed by atoms with Crippen LogP contribution in [0.25, 0.3) is 0 Å². The maximum atomic E-state index is 12.5. The quantitative estimate of drug-likeness (QED) is 0.385. The van der Waals surface area contributed by atoms with Gasteiger partial charge in [-0.15, -0.1) is 0 Å². The highest BCUT2D eigenvalue weighted by Gasteiger charge is 2.18. The number of benzene rings is 1. The Balaban J connectivity index is 1.72. The van der Waals surface area contributed by atoms with Crippen molar-refractivity contribution < 1.29 is 27.9 Å². The van der Waals surface area contributed by atoms with Gasteiger partial charge in [0.15, 0.2) is 6.61 Å². The van der Waals surface area contributed by atoms with Crippen LogP contribution in [-0.2, 0) is 9.53 Å². The summed E-state index contributed by atoms with van der Waals surface area (Å²) in [6.07, 6.45) is 7.34. The SMILES string of the molecule is O=C(COC(=O)c1ccccc1SC(F)F)NC(=O)NCCC1=CCCCC1. The van der Waals surface area contributed by atoms with Crippen LogP contribution in [0.4, 0.5) is 13.6 Å². The zero-order valence-corrected chi connectivity index (χ0v) is 16.0. The van der Waals surface area contributed by atoms with Gasteiger partial charge in [0, 0.05) is 11.4 Å². The van der Waals surface area contributed by atoms with Crippen molar-refractivity contribution in [3.05, 3.63) is 41.5 Å². The average molecular weight is 412 g/mol. The third kappa shape index (κ3) is 7.67. The summed E-state index contributed by atoms with van der Waals surface area (Å²) in [4.78, 5) is 35.5. The number of thioether (sulfide) groups is 1. The second-order valence-electron chi connectivity index (χ2n) is 6.11. The van der Waals surface area contributed by atoms with Gasteiger partial charge in [-0.3, -0.25) is 10.1 Å². The number of ether oxygens (including phenoxy) is 1. The number of alkyl halides is 2. The highest BCUT2D eigenvalue weighted by molar-refractivity contribution is 7.99. The van der Waals surface area contributed by atoms with Crippen LogP contribution in [0.2, 0.25) is 0 Å². The molecule has 0 heterocycles. The first-order chi connectivity index (χ1) is 13.5. The molecular formula is C19H22F2N2O4S. The number of rotatable bonds is 8. The number of carbonyl (C=O) groups is 3. The number of amides is 3. The summed E-state index contributed by atoms with van der Waals surface area (Å²) >= 11 is 0.216. The van der Waals surface area contributed by atoms with Crippen LogP contribution in [-0.4, -0.2) is 36.8 Å². The number of carbonyl (C=O) groups excluding carboxylic acids is 3. The molecule has 0 atom stereocenters. The summed E-state index contributed by atoms with van der Waals surface area (Å²) in [6, 6.07) is 5.04. The first-order valence-corrected chi connectivity index (χ1v) is 9.80. The molecule has 6 nitrogen and oxygen atoms in total. The van der Waals surface area contributed by atoms with Gasteiger partial charge in [0.25, 0.3) is 11.7 Å². The van der Waals surface area contributed by atoms with E-state index in [1.54, 1.807) is 0 Å². The molecule has 9 heteroatoms. The molecule has 0 aliphatic heterocycles. The fourth-order valence-corrected chi connectivity index (χ4v) is 3.35. The summed E-state index contributed by atoms with van der Waals surface area (Å²) in [5.74, 6) is -4.41. The summed E-state index contributed by atoms with van der Waals surface area (Å²) in [5.41, 5.74) is 1.23. The van der Waals surface area contributed by atoms with Crippen molar-refractivity contribution in [3.8, 4) is 0 Å². The summed E-state index contributed by atoms with van der Waals surface area (Å²) in [5, 5.41) is 4.63. The summed E-state index contributed by atoms with van der Waals surface area (Å²) < 4.78 is 29.9. The highest BCUT2D eigenvalue weighted by atomic mass is 32.2. The van der Waals surface area contributed by atoms with E-state index < -0.39 is 30.3 Å². The Labute approximate surface area is 166 Å². The molecule has 2 rings (SSSR count). The van der Waals surface area contributed by atoms with E-state index in [1.165, 1.54) is 36.3 Å². The molecular weight excluding hydrogens is 390 g/mol. The third-order valence-corrected chi connectivity index (χ3v) is 4.82. The largest absolute Gasteiger partial charge is 0.452 e. The van der Waals surface area contributed by atoms with Crippen LogP contribution in [0.5, 0.6) is 0 Å². The number of halogens is 2. The second-order valence-corrected chi connectivity index (χ2v) is 7.14. The Kier molecular flexibility index (Phi) is 8.93. The van der Waals surface area contributed by atoms with Gasteiger partial charge in [-0.2, -0.15) is 8.78 Å². The first-order valence-electron chi connectivity index (χ1n) is 8.92. The number of hydrogen-bond acceptors (Lipinski definition) is 5. The van der Waals surface area contributed by atoms with Crippen LogP contribution in [0.3, 0.4) is 0 Å². The maximum absolute atomic E-state index is 12.5. The molecule has 1 aliphatic carbocycles. The molecule has 0 saturated heterocycles. The van der Waals surface area contributed by atoms with Crippen molar-refractivity contribution in [2.24, 2.45) is 0 Å². The minimum absolute atomic E-state index is 0.0534. The molecule has 0 saturated carbocycles. The van der Waals surface area contributed by atoms with Gasteiger partial charge in [0.05, 0.1) is 5.56 Å². The topological polar surface area (TPSA) is 84.5 Å². The predicted molar refractivity (Wildman–Crippen MR) is 101 cm³/mol. The standard InChI is InChI=1S/C19H22F2N2O4S/c20-18(21)28-15-9-5-4-8-14(15)17(25)27-12-16(24)23-19(26)22-11-10-13-6-2-1-3-7-13/h4-6,8-9,18H,1-3,7,10-12H2,(H2,22,23,24,26). The molecule has 0 unspecified atom stereocenters. The fraction of sp³-hybridized carbons (Fsp3) is 0.421. The minimum atomic E-state index is -2.69.